The maximum atomic E-state index is 10.5. The van der Waals surface area contributed by atoms with Crippen molar-refractivity contribution in [2.75, 3.05) is 39.4 Å². The highest BCUT2D eigenvalue weighted by molar-refractivity contribution is 5.72. The molecule has 0 unspecified atom stereocenters. The first kappa shape index (κ1) is 15.3. The average Bonchev–Trinajstić information content (AvgIpc) is 2.20. The van der Waals surface area contributed by atoms with Crippen LogP contribution in [-0.4, -0.2) is 51.3 Å². The van der Waals surface area contributed by atoms with E-state index in [0.717, 1.165) is 19.6 Å². The van der Waals surface area contributed by atoms with E-state index < -0.39 is 0 Å². The number of ether oxygens (including phenoxy) is 1. The van der Waals surface area contributed by atoms with E-state index in [-0.39, 0.29) is 5.91 Å². The van der Waals surface area contributed by atoms with E-state index in [4.69, 9.17) is 4.74 Å². The maximum Gasteiger partial charge on any atom is 0.216 e. The number of nitrogens with one attached hydrogen (secondary N) is 3. The van der Waals surface area contributed by atoms with Crippen molar-refractivity contribution >= 4 is 5.91 Å². The van der Waals surface area contributed by atoms with Crippen LogP contribution in [0.4, 0.5) is 0 Å². The van der Waals surface area contributed by atoms with E-state index in [1.54, 1.807) is 0 Å². The Bertz CT molecular complexity index is 175. The smallest absolute Gasteiger partial charge is 0.216 e. The Labute approximate surface area is 98.3 Å². The van der Waals surface area contributed by atoms with Crippen LogP contribution in [-0.2, 0) is 9.53 Å². The standard InChI is InChI=1S/C11H25N3O2/c1-10(2)13-5-4-12-6-8-16-9-7-14-11(3)15/h10,12-13H,4-9H2,1-3H3,(H,14,15). The SMILES string of the molecule is CC(=O)NCCOCCNCCNC(C)C. The van der Waals surface area contributed by atoms with Crippen LogP contribution in [0.3, 0.4) is 0 Å². The summed E-state index contributed by atoms with van der Waals surface area (Å²) >= 11 is 0. The molecule has 0 saturated carbocycles. The van der Waals surface area contributed by atoms with Crippen LogP contribution < -0.4 is 16.0 Å². The lowest BCUT2D eigenvalue weighted by Crippen LogP contribution is -2.33. The van der Waals surface area contributed by atoms with Gasteiger partial charge in [-0.15, -0.1) is 0 Å². The third-order valence-corrected chi connectivity index (χ3v) is 1.90. The molecule has 0 rings (SSSR count). The molecule has 0 aromatic carbocycles. The molecule has 3 N–H and O–H groups in total. The Hall–Kier alpha value is -0.650. The largest absolute Gasteiger partial charge is 0.378 e. The molecule has 0 bridgehead atoms. The fourth-order valence-electron chi connectivity index (χ4n) is 1.12. The molecule has 0 aliphatic carbocycles. The summed E-state index contributed by atoms with van der Waals surface area (Å²) in [5.74, 6) is -0.0125. The first-order valence-corrected chi connectivity index (χ1v) is 5.89. The van der Waals surface area contributed by atoms with Crippen LogP contribution in [0, 0.1) is 0 Å². The molecule has 0 heterocycles. The zero-order chi connectivity index (χ0) is 12.2. The first-order valence-electron chi connectivity index (χ1n) is 5.89. The predicted octanol–water partition coefficient (Wildman–Crippen LogP) is -0.273. The molecule has 0 radical (unpaired) electrons. The van der Waals surface area contributed by atoms with E-state index >= 15 is 0 Å². The van der Waals surface area contributed by atoms with Gasteiger partial charge in [-0.25, -0.2) is 0 Å². The summed E-state index contributed by atoms with van der Waals surface area (Å²) in [5, 5.41) is 9.26. The van der Waals surface area contributed by atoms with Gasteiger partial charge in [0.05, 0.1) is 13.2 Å². The second-order valence-electron chi connectivity index (χ2n) is 3.95. The molecule has 0 spiro atoms. The van der Waals surface area contributed by atoms with Crippen LogP contribution >= 0.6 is 0 Å². The number of hydrogen-bond acceptors (Lipinski definition) is 4. The molecule has 1 amide bonds. The molecular weight excluding hydrogens is 206 g/mol. The van der Waals surface area contributed by atoms with Gasteiger partial charge >= 0.3 is 0 Å². The quantitative estimate of drug-likeness (QED) is 0.453. The summed E-state index contributed by atoms with van der Waals surface area (Å²) in [4.78, 5) is 10.5. The van der Waals surface area contributed by atoms with E-state index in [9.17, 15) is 4.79 Å². The number of carbonyl (C=O) groups excluding carboxylic acids is 1. The Kier molecular flexibility index (Phi) is 10.4. The molecule has 5 heteroatoms. The van der Waals surface area contributed by atoms with Crippen molar-refractivity contribution in [3.63, 3.8) is 0 Å². The fraction of sp³-hybridized carbons (Fsp3) is 0.909. The zero-order valence-corrected chi connectivity index (χ0v) is 10.6. The van der Waals surface area contributed by atoms with Crippen molar-refractivity contribution in [3.8, 4) is 0 Å². The van der Waals surface area contributed by atoms with Crippen LogP contribution in [0.25, 0.3) is 0 Å². The molecule has 0 fully saturated rings. The lowest BCUT2D eigenvalue weighted by molar-refractivity contribution is -0.119. The van der Waals surface area contributed by atoms with Crippen molar-refractivity contribution in [1.82, 2.24) is 16.0 Å². The van der Waals surface area contributed by atoms with Crippen LogP contribution in [0.15, 0.2) is 0 Å². The highest BCUT2D eigenvalue weighted by Crippen LogP contribution is 1.74. The topological polar surface area (TPSA) is 62.4 Å². The average molecular weight is 231 g/mol. The molecular formula is C11H25N3O2. The van der Waals surface area contributed by atoms with E-state index in [1.165, 1.54) is 6.92 Å². The van der Waals surface area contributed by atoms with Gasteiger partial charge in [0.25, 0.3) is 0 Å². The highest BCUT2D eigenvalue weighted by atomic mass is 16.5. The van der Waals surface area contributed by atoms with Gasteiger partial charge in [-0.05, 0) is 0 Å². The molecule has 0 atom stereocenters. The van der Waals surface area contributed by atoms with Crippen molar-refractivity contribution in [2.45, 2.75) is 26.8 Å². The normalized spacial score (nSPS) is 10.8. The molecule has 5 nitrogen and oxygen atoms in total. The van der Waals surface area contributed by atoms with Gasteiger partial charge in [-0.1, -0.05) is 13.8 Å². The summed E-state index contributed by atoms with van der Waals surface area (Å²) in [6.07, 6.45) is 0. The maximum absolute atomic E-state index is 10.5. The van der Waals surface area contributed by atoms with E-state index in [1.807, 2.05) is 0 Å². The summed E-state index contributed by atoms with van der Waals surface area (Å²) in [5.41, 5.74) is 0. The number of hydrogen-bond donors (Lipinski definition) is 3. The molecule has 0 saturated heterocycles. The lowest BCUT2D eigenvalue weighted by atomic mass is 10.4. The fourth-order valence-corrected chi connectivity index (χ4v) is 1.12. The molecule has 16 heavy (non-hydrogen) atoms. The van der Waals surface area contributed by atoms with Crippen molar-refractivity contribution in [3.05, 3.63) is 0 Å². The van der Waals surface area contributed by atoms with Crippen LogP contribution in [0.1, 0.15) is 20.8 Å². The Morgan fingerprint density at radius 1 is 1.12 bits per heavy atom. The molecule has 0 aromatic rings. The van der Waals surface area contributed by atoms with Gasteiger partial charge < -0.3 is 20.7 Å². The molecule has 0 aromatic heterocycles. The minimum atomic E-state index is -0.0125. The third kappa shape index (κ3) is 13.4. The number of rotatable bonds is 10. The van der Waals surface area contributed by atoms with Gasteiger partial charge in [-0.2, -0.15) is 0 Å². The van der Waals surface area contributed by atoms with Crippen molar-refractivity contribution < 1.29 is 9.53 Å². The van der Waals surface area contributed by atoms with Gasteiger partial charge in [0.2, 0.25) is 5.91 Å². The molecule has 0 aliphatic rings. The lowest BCUT2D eigenvalue weighted by Gasteiger charge is -2.09. The predicted molar refractivity (Wildman–Crippen MR) is 65.5 cm³/mol. The van der Waals surface area contributed by atoms with Gasteiger partial charge in [0.1, 0.15) is 0 Å². The highest BCUT2D eigenvalue weighted by Gasteiger charge is 1.92. The van der Waals surface area contributed by atoms with Crippen LogP contribution in [0.5, 0.6) is 0 Å². The second kappa shape index (κ2) is 10.9. The molecule has 0 aliphatic heterocycles. The van der Waals surface area contributed by atoms with Gasteiger partial charge in [0.15, 0.2) is 0 Å². The minimum Gasteiger partial charge on any atom is -0.378 e. The zero-order valence-electron chi connectivity index (χ0n) is 10.6. The van der Waals surface area contributed by atoms with Crippen molar-refractivity contribution in [2.24, 2.45) is 0 Å². The summed E-state index contributed by atoms with van der Waals surface area (Å²) in [7, 11) is 0. The summed E-state index contributed by atoms with van der Waals surface area (Å²) < 4.78 is 5.31. The second-order valence-corrected chi connectivity index (χ2v) is 3.95. The van der Waals surface area contributed by atoms with E-state index in [0.29, 0.717) is 25.8 Å². The Balaban J connectivity index is 2.96. The van der Waals surface area contributed by atoms with Gasteiger partial charge in [0, 0.05) is 39.1 Å². The third-order valence-electron chi connectivity index (χ3n) is 1.90. The number of carbonyl (C=O) groups is 1. The number of amides is 1. The monoisotopic (exact) mass is 231 g/mol. The first-order chi connectivity index (χ1) is 7.63. The Morgan fingerprint density at radius 3 is 2.44 bits per heavy atom. The summed E-state index contributed by atoms with van der Waals surface area (Å²) in [6, 6.07) is 0.538. The van der Waals surface area contributed by atoms with E-state index in [2.05, 4.69) is 29.8 Å². The van der Waals surface area contributed by atoms with Crippen molar-refractivity contribution in [1.29, 1.82) is 0 Å². The molecule has 96 valence electrons. The Morgan fingerprint density at radius 2 is 1.81 bits per heavy atom. The van der Waals surface area contributed by atoms with Gasteiger partial charge in [-0.3, -0.25) is 4.79 Å². The van der Waals surface area contributed by atoms with Crippen LogP contribution in [0.2, 0.25) is 0 Å². The summed E-state index contributed by atoms with van der Waals surface area (Å²) in [6.45, 7) is 10.4. The minimum absolute atomic E-state index is 0.0125.